The van der Waals surface area contributed by atoms with E-state index in [0.717, 1.165) is 43.4 Å². The number of nitrogens with zero attached hydrogens (tertiary/aromatic N) is 4. The van der Waals surface area contributed by atoms with E-state index in [0.29, 0.717) is 11.8 Å². The van der Waals surface area contributed by atoms with Crippen LogP contribution in [0.5, 0.6) is 0 Å². The van der Waals surface area contributed by atoms with Gasteiger partial charge in [0.25, 0.3) is 0 Å². The summed E-state index contributed by atoms with van der Waals surface area (Å²) >= 11 is 0. The standard InChI is InChI=1S/C18H21N5O/c1-13-7-17(20-12-19-13)22-8-14-10-23(11-15(14)9-22)18(24)21-16-5-3-2-4-6-16/h2-7,12,14-15H,8-11H2,1H3,(H,21,24). The summed E-state index contributed by atoms with van der Waals surface area (Å²) in [6.07, 6.45) is 1.62. The molecule has 1 aromatic heterocycles. The van der Waals surface area contributed by atoms with E-state index in [9.17, 15) is 4.79 Å². The Bertz CT molecular complexity index is 721. The van der Waals surface area contributed by atoms with E-state index in [1.165, 1.54) is 0 Å². The van der Waals surface area contributed by atoms with E-state index >= 15 is 0 Å². The molecule has 2 aromatic rings. The van der Waals surface area contributed by atoms with Gasteiger partial charge in [-0.1, -0.05) is 18.2 Å². The Balaban J connectivity index is 1.37. The number of carbonyl (C=O) groups is 1. The Kier molecular flexibility index (Phi) is 3.80. The number of benzene rings is 1. The van der Waals surface area contributed by atoms with Crippen molar-refractivity contribution in [1.29, 1.82) is 0 Å². The zero-order valence-electron chi connectivity index (χ0n) is 13.7. The zero-order chi connectivity index (χ0) is 16.5. The fourth-order valence-electron chi connectivity index (χ4n) is 3.68. The molecule has 2 atom stereocenters. The number of hydrogen-bond acceptors (Lipinski definition) is 4. The summed E-state index contributed by atoms with van der Waals surface area (Å²) in [6.45, 7) is 5.51. The van der Waals surface area contributed by atoms with Gasteiger partial charge in [-0.2, -0.15) is 0 Å². The summed E-state index contributed by atoms with van der Waals surface area (Å²) in [5, 5.41) is 2.98. The number of urea groups is 1. The van der Waals surface area contributed by atoms with Crippen LogP contribution in [0.25, 0.3) is 0 Å². The first-order valence-corrected chi connectivity index (χ1v) is 8.33. The molecular weight excluding hydrogens is 302 g/mol. The Labute approximate surface area is 141 Å². The second kappa shape index (κ2) is 6.11. The van der Waals surface area contributed by atoms with Crippen LogP contribution in [-0.2, 0) is 0 Å². The van der Waals surface area contributed by atoms with Crippen molar-refractivity contribution in [3.05, 3.63) is 48.4 Å². The third kappa shape index (κ3) is 2.91. The third-order valence-corrected chi connectivity index (χ3v) is 4.91. The molecule has 24 heavy (non-hydrogen) atoms. The van der Waals surface area contributed by atoms with Gasteiger partial charge in [0.1, 0.15) is 12.1 Å². The third-order valence-electron chi connectivity index (χ3n) is 4.91. The summed E-state index contributed by atoms with van der Waals surface area (Å²) in [4.78, 5) is 25.2. The zero-order valence-corrected chi connectivity index (χ0v) is 13.7. The van der Waals surface area contributed by atoms with Crippen molar-refractivity contribution in [2.45, 2.75) is 6.92 Å². The molecule has 2 unspecified atom stereocenters. The van der Waals surface area contributed by atoms with Crippen LogP contribution in [0.3, 0.4) is 0 Å². The van der Waals surface area contributed by atoms with Crippen LogP contribution >= 0.6 is 0 Å². The number of carbonyl (C=O) groups excluding carboxylic acids is 1. The monoisotopic (exact) mass is 323 g/mol. The number of amides is 2. The number of fused-ring (bicyclic) bond motifs is 1. The molecule has 2 saturated heterocycles. The van der Waals surface area contributed by atoms with Crippen LogP contribution in [-0.4, -0.2) is 47.1 Å². The van der Waals surface area contributed by atoms with Crippen molar-refractivity contribution in [3.63, 3.8) is 0 Å². The second-order valence-corrected chi connectivity index (χ2v) is 6.64. The number of aryl methyl sites for hydroxylation is 1. The number of rotatable bonds is 2. The van der Waals surface area contributed by atoms with E-state index in [-0.39, 0.29) is 6.03 Å². The highest BCUT2D eigenvalue weighted by Crippen LogP contribution is 2.33. The highest BCUT2D eigenvalue weighted by Gasteiger charge is 2.42. The maximum Gasteiger partial charge on any atom is 0.321 e. The van der Waals surface area contributed by atoms with Crippen LogP contribution < -0.4 is 10.2 Å². The molecule has 0 radical (unpaired) electrons. The van der Waals surface area contributed by atoms with Crippen LogP contribution in [0.1, 0.15) is 5.69 Å². The molecule has 6 nitrogen and oxygen atoms in total. The lowest BCUT2D eigenvalue weighted by Gasteiger charge is -2.22. The number of nitrogens with one attached hydrogen (secondary N) is 1. The molecular formula is C18H21N5O. The van der Waals surface area contributed by atoms with Crippen molar-refractivity contribution >= 4 is 17.5 Å². The minimum absolute atomic E-state index is 0.0000283. The smallest absolute Gasteiger partial charge is 0.321 e. The first kappa shape index (κ1) is 14.9. The van der Waals surface area contributed by atoms with Gasteiger partial charge in [-0.05, 0) is 19.1 Å². The first-order valence-electron chi connectivity index (χ1n) is 8.33. The number of para-hydroxylation sites is 1. The van der Waals surface area contributed by atoms with Crippen LogP contribution in [0.15, 0.2) is 42.7 Å². The Hall–Kier alpha value is -2.63. The minimum atomic E-state index is 0.0000283. The summed E-state index contributed by atoms with van der Waals surface area (Å²) < 4.78 is 0. The molecule has 124 valence electrons. The van der Waals surface area contributed by atoms with Gasteiger partial charge in [0, 0.05) is 55.5 Å². The van der Waals surface area contributed by atoms with Crippen LogP contribution in [0.4, 0.5) is 16.3 Å². The second-order valence-electron chi connectivity index (χ2n) is 6.64. The lowest BCUT2D eigenvalue weighted by atomic mass is 10.0. The Morgan fingerprint density at radius 2 is 1.79 bits per heavy atom. The van der Waals surface area contributed by atoms with Crippen molar-refractivity contribution in [2.75, 3.05) is 36.4 Å². The molecule has 4 rings (SSSR count). The molecule has 1 N–H and O–H groups in total. The molecule has 0 aliphatic carbocycles. The van der Waals surface area contributed by atoms with Crippen molar-refractivity contribution in [1.82, 2.24) is 14.9 Å². The van der Waals surface area contributed by atoms with Gasteiger partial charge in [-0.3, -0.25) is 0 Å². The van der Waals surface area contributed by atoms with Gasteiger partial charge in [-0.25, -0.2) is 14.8 Å². The predicted octanol–water partition coefficient (Wildman–Crippen LogP) is 2.39. The molecule has 0 spiro atoms. The topological polar surface area (TPSA) is 61.4 Å². The molecule has 0 bridgehead atoms. The number of likely N-dealkylation sites (tertiary alicyclic amines) is 1. The highest BCUT2D eigenvalue weighted by molar-refractivity contribution is 5.89. The average molecular weight is 323 g/mol. The van der Waals surface area contributed by atoms with Gasteiger partial charge in [0.05, 0.1) is 0 Å². The van der Waals surface area contributed by atoms with E-state index < -0.39 is 0 Å². The van der Waals surface area contributed by atoms with Gasteiger partial charge in [0.2, 0.25) is 0 Å². The number of anilines is 2. The van der Waals surface area contributed by atoms with E-state index in [1.807, 2.05) is 48.2 Å². The van der Waals surface area contributed by atoms with E-state index in [2.05, 4.69) is 20.2 Å². The fraction of sp³-hybridized carbons (Fsp3) is 0.389. The summed E-state index contributed by atoms with van der Waals surface area (Å²) in [6, 6.07) is 11.6. The van der Waals surface area contributed by atoms with Crippen molar-refractivity contribution in [3.8, 4) is 0 Å². The van der Waals surface area contributed by atoms with Gasteiger partial charge < -0.3 is 15.1 Å². The van der Waals surface area contributed by atoms with Crippen LogP contribution in [0, 0.1) is 18.8 Å². The Morgan fingerprint density at radius 3 is 2.46 bits per heavy atom. The van der Waals surface area contributed by atoms with Crippen molar-refractivity contribution in [2.24, 2.45) is 11.8 Å². The fourth-order valence-corrected chi connectivity index (χ4v) is 3.68. The maximum absolute atomic E-state index is 12.4. The average Bonchev–Trinajstić information content (AvgIpc) is 3.14. The number of aromatic nitrogens is 2. The quantitative estimate of drug-likeness (QED) is 0.922. The lowest BCUT2D eigenvalue weighted by Crippen LogP contribution is -2.36. The largest absolute Gasteiger partial charge is 0.356 e. The molecule has 2 fully saturated rings. The minimum Gasteiger partial charge on any atom is -0.356 e. The maximum atomic E-state index is 12.4. The van der Waals surface area contributed by atoms with Crippen LogP contribution in [0.2, 0.25) is 0 Å². The van der Waals surface area contributed by atoms with Gasteiger partial charge in [0.15, 0.2) is 0 Å². The molecule has 6 heteroatoms. The molecule has 1 aromatic carbocycles. The lowest BCUT2D eigenvalue weighted by molar-refractivity contribution is 0.219. The van der Waals surface area contributed by atoms with Crippen molar-refractivity contribution < 1.29 is 4.79 Å². The summed E-state index contributed by atoms with van der Waals surface area (Å²) in [5.74, 6) is 2.03. The van der Waals surface area contributed by atoms with Gasteiger partial charge >= 0.3 is 6.03 Å². The molecule has 2 amide bonds. The van der Waals surface area contributed by atoms with Gasteiger partial charge in [-0.15, -0.1) is 0 Å². The Morgan fingerprint density at radius 1 is 1.08 bits per heavy atom. The summed E-state index contributed by atoms with van der Waals surface area (Å²) in [5.41, 5.74) is 1.83. The normalized spacial score (nSPS) is 22.5. The molecule has 0 saturated carbocycles. The summed E-state index contributed by atoms with van der Waals surface area (Å²) in [7, 11) is 0. The highest BCUT2D eigenvalue weighted by atomic mass is 16.2. The first-order chi connectivity index (χ1) is 11.7. The molecule has 2 aliphatic rings. The van der Waals surface area contributed by atoms with E-state index in [1.54, 1.807) is 6.33 Å². The van der Waals surface area contributed by atoms with E-state index in [4.69, 9.17) is 0 Å². The number of hydrogen-bond donors (Lipinski definition) is 1. The predicted molar refractivity (Wildman–Crippen MR) is 93.0 cm³/mol. The SMILES string of the molecule is Cc1cc(N2CC3CN(C(=O)Nc4ccccc4)CC3C2)ncn1. The molecule has 3 heterocycles. The molecule has 2 aliphatic heterocycles.